The van der Waals surface area contributed by atoms with Gasteiger partial charge in [-0.1, -0.05) is 12.1 Å². The summed E-state index contributed by atoms with van der Waals surface area (Å²) in [5.74, 6) is 1.90. The topological polar surface area (TPSA) is 51.6 Å². The molecule has 1 N–H and O–H groups in total. The van der Waals surface area contributed by atoms with Crippen LogP contribution in [-0.4, -0.2) is 17.2 Å². The third kappa shape index (κ3) is 2.78. The minimum Gasteiger partial charge on any atom is -0.493 e. The first-order valence-corrected chi connectivity index (χ1v) is 5.65. The van der Waals surface area contributed by atoms with Crippen LogP contribution < -0.4 is 9.47 Å². The van der Waals surface area contributed by atoms with E-state index < -0.39 is 6.10 Å². The maximum Gasteiger partial charge on any atom is 0.169 e. The fourth-order valence-electron chi connectivity index (χ4n) is 1.53. The first kappa shape index (κ1) is 12.4. The average Bonchev–Trinajstić information content (AvgIpc) is 2.40. The van der Waals surface area contributed by atoms with E-state index in [0.717, 1.165) is 0 Å². The van der Waals surface area contributed by atoms with Gasteiger partial charge in [-0.05, 0) is 31.2 Å². The van der Waals surface area contributed by atoms with Gasteiger partial charge in [-0.15, -0.1) is 0 Å². The summed E-state index contributed by atoms with van der Waals surface area (Å²) >= 11 is 0. The average molecular weight is 245 g/mol. The summed E-state index contributed by atoms with van der Waals surface area (Å²) in [5, 5.41) is 9.36. The lowest BCUT2D eigenvalue weighted by atomic mass is 10.2. The number of methoxy groups -OCH3 is 1. The number of benzene rings is 1. The Morgan fingerprint density at radius 1 is 1.11 bits per heavy atom. The highest BCUT2D eigenvalue weighted by Gasteiger charge is 2.06. The van der Waals surface area contributed by atoms with Crippen LogP contribution >= 0.6 is 0 Å². The van der Waals surface area contributed by atoms with E-state index in [-0.39, 0.29) is 0 Å². The van der Waals surface area contributed by atoms with E-state index in [9.17, 15) is 5.11 Å². The van der Waals surface area contributed by atoms with Gasteiger partial charge in [0.25, 0.3) is 0 Å². The van der Waals surface area contributed by atoms with Gasteiger partial charge in [0.2, 0.25) is 0 Å². The number of nitrogens with zero attached hydrogens (tertiary/aromatic N) is 1. The van der Waals surface area contributed by atoms with Gasteiger partial charge in [0, 0.05) is 0 Å². The molecule has 0 aliphatic carbocycles. The molecule has 4 heteroatoms. The number of pyridine rings is 1. The molecule has 0 fully saturated rings. The fraction of sp³-hybridized carbons (Fsp3) is 0.214. The predicted octanol–water partition coefficient (Wildman–Crippen LogP) is 2.94. The second kappa shape index (κ2) is 5.51. The summed E-state index contributed by atoms with van der Waals surface area (Å²) in [6.07, 6.45) is 0.999. The maximum atomic E-state index is 9.36. The molecule has 0 bridgehead atoms. The molecule has 18 heavy (non-hydrogen) atoms. The molecule has 1 atom stereocenters. The zero-order chi connectivity index (χ0) is 13.0. The monoisotopic (exact) mass is 245 g/mol. The summed E-state index contributed by atoms with van der Waals surface area (Å²) in [6, 6.07) is 10.9. The quantitative estimate of drug-likeness (QED) is 0.899. The Morgan fingerprint density at radius 2 is 1.83 bits per heavy atom. The van der Waals surface area contributed by atoms with Crippen molar-refractivity contribution in [3.05, 3.63) is 48.3 Å². The van der Waals surface area contributed by atoms with Crippen molar-refractivity contribution in [3.63, 3.8) is 0 Å². The summed E-state index contributed by atoms with van der Waals surface area (Å²) in [7, 11) is 1.59. The van der Waals surface area contributed by atoms with Crippen LogP contribution in [0.4, 0.5) is 0 Å². The van der Waals surface area contributed by atoms with Gasteiger partial charge >= 0.3 is 0 Å². The van der Waals surface area contributed by atoms with E-state index in [2.05, 4.69) is 4.98 Å². The molecule has 0 unspecified atom stereocenters. The summed E-state index contributed by atoms with van der Waals surface area (Å²) < 4.78 is 10.9. The highest BCUT2D eigenvalue weighted by Crippen LogP contribution is 2.30. The maximum absolute atomic E-state index is 9.36. The van der Waals surface area contributed by atoms with Gasteiger partial charge in [0.1, 0.15) is 5.75 Å². The van der Waals surface area contributed by atoms with Crippen LogP contribution in [0.5, 0.6) is 17.2 Å². The number of rotatable bonds is 4. The summed E-state index contributed by atoms with van der Waals surface area (Å²) in [4.78, 5) is 4.11. The highest BCUT2D eigenvalue weighted by atomic mass is 16.5. The molecule has 0 spiro atoms. The fourth-order valence-corrected chi connectivity index (χ4v) is 1.53. The molecule has 1 aromatic heterocycles. The largest absolute Gasteiger partial charge is 0.493 e. The normalized spacial score (nSPS) is 11.9. The SMILES string of the molecule is COc1ccccc1Oc1ccc([C@H](C)O)nc1. The third-order valence-corrected chi connectivity index (χ3v) is 2.48. The van der Waals surface area contributed by atoms with Gasteiger partial charge in [-0.2, -0.15) is 0 Å². The van der Waals surface area contributed by atoms with Gasteiger partial charge < -0.3 is 14.6 Å². The zero-order valence-corrected chi connectivity index (χ0v) is 10.3. The lowest BCUT2D eigenvalue weighted by Gasteiger charge is -2.10. The second-order valence-electron chi connectivity index (χ2n) is 3.85. The molecule has 0 saturated carbocycles. The van der Waals surface area contributed by atoms with Crippen LogP contribution in [0, 0.1) is 0 Å². The number of hydrogen-bond donors (Lipinski definition) is 1. The Balaban J connectivity index is 2.18. The molecule has 0 aliphatic heterocycles. The Bertz CT molecular complexity index is 509. The third-order valence-electron chi connectivity index (χ3n) is 2.48. The number of aliphatic hydroxyl groups excluding tert-OH is 1. The van der Waals surface area contributed by atoms with Crippen LogP contribution in [0.2, 0.25) is 0 Å². The standard InChI is InChI=1S/C14H15NO3/c1-10(16)12-8-7-11(9-15-12)18-14-6-4-3-5-13(14)17-2/h3-10,16H,1-2H3/t10-/m0/s1. The van der Waals surface area contributed by atoms with E-state index >= 15 is 0 Å². The zero-order valence-electron chi connectivity index (χ0n) is 10.3. The van der Waals surface area contributed by atoms with E-state index in [1.165, 1.54) is 0 Å². The molecule has 2 aromatic rings. The lowest BCUT2D eigenvalue weighted by molar-refractivity contribution is 0.194. The lowest BCUT2D eigenvalue weighted by Crippen LogP contribution is -1.95. The molecule has 0 aliphatic rings. The number of hydrogen-bond acceptors (Lipinski definition) is 4. The first-order chi connectivity index (χ1) is 8.70. The summed E-state index contributed by atoms with van der Waals surface area (Å²) in [6.45, 7) is 1.67. The van der Waals surface area contributed by atoms with Gasteiger partial charge in [-0.3, -0.25) is 4.98 Å². The van der Waals surface area contributed by atoms with Crippen molar-refractivity contribution in [2.75, 3.05) is 7.11 Å². The number of para-hydroxylation sites is 2. The van der Waals surface area contributed by atoms with Crippen LogP contribution in [0.3, 0.4) is 0 Å². The molecular weight excluding hydrogens is 230 g/mol. The number of aliphatic hydroxyl groups is 1. The molecular formula is C14H15NO3. The Morgan fingerprint density at radius 3 is 2.39 bits per heavy atom. The molecule has 4 nitrogen and oxygen atoms in total. The minimum absolute atomic E-state index is 0.578. The predicted molar refractivity (Wildman–Crippen MR) is 67.9 cm³/mol. The molecule has 0 radical (unpaired) electrons. The Labute approximate surface area is 106 Å². The van der Waals surface area contributed by atoms with Crippen molar-refractivity contribution in [3.8, 4) is 17.2 Å². The minimum atomic E-state index is -0.578. The van der Waals surface area contributed by atoms with Crippen LogP contribution in [0.1, 0.15) is 18.7 Å². The molecule has 0 amide bonds. The first-order valence-electron chi connectivity index (χ1n) is 5.65. The molecule has 1 aromatic carbocycles. The van der Waals surface area contributed by atoms with Crippen molar-refractivity contribution >= 4 is 0 Å². The Hall–Kier alpha value is -2.07. The molecule has 94 valence electrons. The summed E-state index contributed by atoms with van der Waals surface area (Å²) in [5.41, 5.74) is 0.613. The van der Waals surface area contributed by atoms with Gasteiger partial charge in [0.15, 0.2) is 11.5 Å². The highest BCUT2D eigenvalue weighted by molar-refractivity contribution is 5.42. The van der Waals surface area contributed by atoms with E-state index in [0.29, 0.717) is 22.9 Å². The van der Waals surface area contributed by atoms with Crippen molar-refractivity contribution in [1.29, 1.82) is 0 Å². The van der Waals surface area contributed by atoms with Gasteiger partial charge in [0.05, 0.1) is 25.1 Å². The van der Waals surface area contributed by atoms with Gasteiger partial charge in [-0.25, -0.2) is 0 Å². The van der Waals surface area contributed by atoms with Crippen LogP contribution in [-0.2, 0) is 0 Å². The Kier molecular flexibility index (Phi) is 3.79. The molecule has 2 rings (SSSR count). The van der Waals surface area contributed by atoms with E-state index in [1.54, 1.807) is 32.4 Å². The van der Waals surface area contributed by atoms with Crippen molar-refractivity contribution in [2.45, 2.75) is 13.0 Å². The number of ether oxygens (including phenoxy) is 2. The van der Waals surface area contributed by atoms with Crippen molar-refractivity contribution < 1.29 is 14.6 Å². The van der Waals surface area contributed by atoms with Crippen molar-refractivity contribution in [2.24, 2.45) is 0 Å². The van der Waals surface area contributed by atoms with E-state index in [1.807, 2.05) is 24.3 Å². The molecule has 0 saturated heterocycles. The smallest absolute Gasteiger partial charge is 0.169 e. The second-order valence-corrected chi connectivity index (χ2v) is 3.85. The van der Waals surface area contributed by atoms with Crippen LogP contribution in [0.25, 0.3) is 0 Å². The number of aromatic nitrogens is 1. The van der Waals surface area contributed by atoms with E-state index in [4.69, 9.17) is 9.47 Å². The van der Waals surface area contributed by atoms with Crippen molar-refractivity contribution in [1.82, 2.24) is 4.98 Å². The molecule has 1 heterocycles. The van der Waals surface area contributed by atoms with Crippen LogP contribution in [0.15, 0.2) is 42.6 Å².